The number of nitrogens with one attached hydrogen (secondary N) is 1. The van der Waals surface area contributed by atoms with Crippen LogP contribution in [0.4, 0.5) is 13.2 Å². The molecule has 2 unspecified atom stereocenters. The van der Waals surface area contributed by atoms with E-state index >= 15 is 0 Å². The zero-order chi connectivity index (χ0) is 15.9. The van der Waals surface area contributed by atoms with Gasteiger partial charge in [-0.05, 0) is 61.8 Å². The quantitative estimate of drug-likeness (QED) is 0.826. The first kappa shape index (κ1) is 14.3. The second kappa shape index (κ2) is 4.31. The van der Waals surface area contributed by atoms with E-state index in [0.717, 1.165) is 19.3 Å². The van der Waals surface area contributed by atoms with Crippen molar-refractivity contribution in [3.8, 4) is 0 Å². The maximum absolute atomic E-state index is 14.0. The number of rotatable bonds is 2. The van der Waals surface area contributed by atoms with E-state index in [0.29, 0.717) is 23.3 Å². The summed E-state index contributed by atoms with van der Waals surface area (Å²) in [5.74, 6) is 1.89. The molecule has 5 heteroatoms. The average molecular weight is 322 g/mol. The molecule has 0 radical (unpaired) electrons. The summed E-state index contributed by atoms with van der Waals surface area (Å²) in [7, 11) is 0. The second-order valence-electron chi connectivity index (χ2n) is 8.16. The van der Waals surface area contributed by atoms with E-state index in [1.807, 2.05) is 0 Å². The van der Waals surface area contributed by atoms with Crippen LogP contribution in [0.2, 0.25) is 0 Å². The lowest BCUT2D eigenvalue weighted by Gasteiger charge is -2.57. The van der Waals surface area contributed by atoms with Crippen LogP contribution >= 0.6 is 0 Å². The minimum absolute atomic E-state index is 0.292. The van der Waals surface area contributed by atoms with E-state index in [1.165, 1.54) is 19.3 Å². The van der Waals surface area contributed by atoms with Crippen LogP contribution in [0, 0.1) is 17.8 Å². The van der Waals surface area contributed by atoms with E-state index in [-0.39, 0.29) is 5.54 Å². The molecule has 2 nitrogen and oxygen atoms in total. The maximum Gasteiger partial charge on any atom is 0.427 e. The summed E-state index contributed by atoms with van der Waals surface area (Å²) < 4.78 is 42.0. The topological polar surface area (TPSA) is 25.0 Å². The van der Waals surface area contributed by atoms with Crippen LogP contribution in [-0.4, -0.2) is 16.7 Å². The minimum Gasteiger partial charge on any atom is -0.219 e. The maximum atomic E-state index is 14.0. The molecule has 0 aromatic heterocycles. The molecule has 5 aliphatic rings. The summed E-state index contributed by atoms with van der Waals surface area (Å²) in [6, 6.07) is 8.36. The van der Waals surface area contributed by atoms with Gasteiger partial charge in [0.05, 0.1) is 0 Å². The lowest BCUT2D eigenvalue weighted by Crippen LogP contribution is -2.57. The van der Waals surface area contributed by atoms with Crippen LogP contribution < -0.4 is 5.43 Å². The number of hydrogen-bond donors (Lipinski definition) is 1. The van der Waals surface area contributed by atoms with Crippen LogP contribution in [0.5, 0.6) is 0 Å². The Labute approximate surface area is 134 Å². The van der Waals surface area contributed by atoms with Crippen molar-refractivity contribution in [3.63, 3.8) is 0 Å². The zero-order valence-corrected chi connectivity index (χ0v) is 12.9. The van der Waals surface area contributed by atoms with Crippen molar-refractivity contribution in [1.29, 1.82) is 0 Å². The third kappa shape index (κ3) is 1.84. The fraction of sp³-hybridized carbons (Fsp3) is 0.667. The first-order chi connectivity index (χ1) is 10.9. The van der Waals surface area contributed by atoms with Gasteiger partial charge < -0.3 is 0 Å². The molecule has 1 aliphatic heterocycles. The highest BCUT2D eigenvalue weighted by Crippen LogP contribution is 2.64. The van der Waals surface area contributed by atoms with Crippen molar-refractivity contribution in [2.24, 2.45) is 17.8 Å². The monoisotopic (exact) mass is 322 g/mol. The van der Waals surface area contributed by atoms with Gasteiger partial charge >= 0.3 is 6.18 Å². The van der Waals surface area contributed by atoms with Gasteiger partial charge in [0.2, 0.25) is 5.66 Å². The lowest BCUT2D eigenvalue weighted by molar-refractivity contribution is -0.189. The van der Waals surface area contributed by atoms with E-state index < -0.39 is 11.8 Å². The molecule has 1 aromatic rings. The summed E-state index contributed by atoms with van der Waals surface area (Å²) >= 11 is 0. The van der Waals surface area contributed by atoms with Gasteiger partial charge in [0.1, 0.15) is 0 Å². The molecule has 1 saturated heterocycles. The third-order valence-corrected chi connectivity index (χ3v) is 6.64. The zero-order valence-electron chi connectivity index (χ0n) is 12.9. The molecule has 23 heavy (non-hydrogen) atoms. The van der Waals surface area contributed by atoms with Crippen LogP contribution in [0.15, 0.2) is 30.3 Å². The van der Waals surface area contributed by atoms with Crippen molar-refractivity contribution in [2.45, 2.75) is 55.9 Å². The third-order valence-electron chi connectivity index (χ3n) is 6.64. The van der Waals surface area contributed by atoms with E-state index in [4.69, 9.17) is 0 Å². The molecular formula is C18H21F3N2. The highest BCUT2D eigenvalue weighted by Gasteiger charge is 2.77. The highest BCUT2D eigenvalue weighted by atomic mass is 19.4. The fourth-order valence-electron chi connectivity index (χ4n) is 6.18. The minimum atomic E-state index is -4.31. The molecule has 0 amide bonds. The molecule has 1 aromatic carbocycles. The smallest absolute Gasteiger partial charge is 0.219 e. The highest BCUT2D eigenvalue weighted by molar-refractivity contribution is 5.33. The summed E-state index contributed by atoms with van der Waals surface area (Å²) in [6.07, 6.45) is 2.17. The van der Waals surface area contributed by atoms with Crippen LogP contribution in [0.3, 0.4) is 0 Å². The first-order valence-electron chi connectivity index (χ1n) is 8.63. The molecule has 4 saturated carbocycles. The van der Waals surface area contributed by atoms with Crippen molar-refractivity contribution < 1.29 is 13.2 Å². The van der Waals surface area contributed by atoms with Crippen LogP contribution in [0.25, 0.3) is 0 Å². The Bertz CT molecular complexity index is 592. The number of hydrazine groups is 1. The van der Waals surface area contributed by atoms with Gasteiger partial charge in [-0.25, -0.2) is 10.4 Å². The van der Waals surface area contributed by atoms with E-state index in [1.54, 1.807) is 35.3 Å². The lowest BCUT2D eigenvalue weighted by atomic mass is 9.53. The van der Waals surface area contributed by atoms with E-state index in [2.05, 4.69) is 5.43 Å². The molecule has 6 rings (SSSR count). The molecular weight excluding hydrogens is 301 g/mol. The van der Waals surface area contributed by atoms with Crippen LogP contribution in [-0.2, 0) is 5.66 Å². The Kier molecular flexibility index (Phi) is 2.68. The normalized spacial score (nSPS) is 47.8. The predicted octanol–water partition coefficient (Wildman–Crippen LogP) is 4.19. The predicted molar refractivity (Wildman–Crippen MR) is 80.1 cm³/mol. The fourth-order valence-corrected chi connectivity index (χ4v) is 6.18. The molecule has 1 heterocycles. The first-order valence-corrected chi connectivity index (χ1v) is 8.63. The van der Waals surface area contributed by atoms with Crippen molar-refractivity contribution in [2.75, 3.05) is 0 Å². The molecule has 4 aliphatic carbocycles. The summed E-state index contributed by atoms with van der Waals surface area (Å²) in [6.45, 7) is 0. The number of benzene rings is 1. The summed E-state index contributed by atoms with van der Waals surface area (Å²) in [4.78, 5) is 0. The van der Waals surface area contributed by atoms with Gasteiger partial charge in [-0.2, -0.15) is 13.2 Å². The number of hydrogen-bond acceptors (Lipinski definition) is 2. The second-order valence-corrected chi connectivity index (χ2v) is 8.16. The largest absolute Gasteiger partial charge is 0.427 e. The Hall–Kier alpha value is -1.07. The van der Waals surface area contributed by atoms with Gasteiger partial charge in [-0.1, -0.05) is 30.3 Å². The average Bonchev–Trinajstić information content (AvgIpc) is 3.24. The van der Waals surface area contributed by atoms with Gasteiger partial charge in [-0.15, -0.1) is 0 Å². The molecule has 124 valence electrons. The van der Waals surface area contributed by atoms with E-state index in [9.17, 15) is 13.2 Å². The molecule has 0 spiro atoms. The SMILES string of the molecule is FC(F)(F)C1(c2ccccc2)NN1C12CC3CC(CC(C3)C1)C2. The molecule has 4 bridgehead atoms. The van der Waals surface area contributed by atoms with Gasteiger partial charge in [0, 0.05) is 5.54 Å². The summed E-state index contributed by atoms with van der Waals surface area (Å²) in [5.41, 5.74) is 0.862. The number of nitrogens with zero attached hydrogens (tertiary/aromatic N) is 1. The van der Waals surface area contributed by atoms with Gasteiger partial charge in [0.25, 0.3) is 0 Å². The van der Waals surface area contributed by atoms with Gasteiger partial charge in [-0.3, -0.25) is 0 Å². The molecule has 5 fully saturated rings. The Balaban J connectivity index is 1.55. The van der Waals surface area contributed by atoms with Crippen molar-refractivity contribution in [1.82, 2.24) is 10.4 Å². The standard InChI is InChI=1S/C18H21F3N2/c19-18(20,21)17(15-4-2-1-3-5-15)22-23(17)16-9-12-6-13(10-16)8-14(7-12)11-16/h1-5,12-14,22H,6-11H2. The Morgan fingerprint density at radius 2 is 1.43 bits per heavy atom. The van der Waals surface area contributed by atoms with Crippen LogP contribution in [0.1, 0.15) is 44.1 Å². The molecule has 1 N–H and O–H groups in total. The summed E-state index contributed by atoms with van der Waals surface area (Å²) in [5, 5.41) is 1.60. The molecule has 2 atom stereocenters. The van der Waals surface area contributed by atoms with Crippen molar-refractivity contribution in [3.05, 3.63) is 35.9 Å². The Morgan fingerprint density at radius 3 is 1.91 bits per heavy atom. The number of halogens is 3. The number of alkyl halides is 3. The van der Waals surface area contributed by atoms with Gasteiger partial charge in [0.15, 0.2) is 0 Å². The Morgan fingerprint density at radius 1 is 0.913 bits per heavy atom. The van der Waals surface area contributed by atoms with Crippen molar-refractivity contribution >= 4 is 0 Å².